The molecule has 0 atom stereocenters. The van der Waals surface area contributed by atoms with Gasteiger partial charge in [0.05, 0.1) is 5.69 Å². The lowest BCUT2D eigenvalue weighted by atomic mass is 10.2. The van der Waals surface area contributed by atoms with E-state index in [2.05, 4.69) is 10.6 Å². The fourth-order valence-electron chi connectivity index (χ4n) is 1.07. The van der Waals surface area contributed by atoms with Gasteiger partial charge in [-0.25, -0.2) is 4.39 Å². The molecule has 2 nitrogen and oxygen atoms in total. The Morgan fingerprint density at radius 1 is 1.50 bits per heavy atom. The summed E-state index contributed by atoms with van der Waals surface area (Å²) in [6.45, 7) is 4.37. The van der Waals surface area contributed by atoms with Gasteiger partial charge in [-0.1, -0.05) is 12.1 Å². The van der Waals surface area contributed by atoms with E-state index in [1.165, 1.54) is 0 Å². The van der Waals surface area contributed by atoms with Gasteiger partial charge in [0.2, 0.25) is 0 Å². The molecule has 1 aromatic carbocycles. The van der Waals surface area contributed by atoms with Crippen LogP contribution < -0.4 is 10.6 Å². The smallest absolute Gasteiger partial charge is 0.170 e. The Hall–Kier alpha value is -1.16. The molecule has 0 bridgehead atoms. The maximum atomic E-state index is 13.5. The van der Waals surface area contributed by atoms with Crippen LogP contribution in [0.3, 0.4) is 0 Å². The first-order valence-corrected chi connectivity index (χ1v) is 4.86. The summed E-state index contributed by atoms with van der Waals surface area (Å²) in [5.41, 5.74) is 1.02. The van der Waals surface area contributed by atoms with Crippen LogP contribution in [0.25, 0.3) is 0 Å². The fourth-order valence-corrected chi connectivity index (χ4v) is 1.33. The maximum Gasteiger partial charge on any atom is 0.170 e. The molecule has 0 radical (unpaired) electrons. The van der Waals surface area contributed by atoms with Crippen molar-refractivity contribution in [2.45, 2.75) is 13.8 Å². The van der Waals surface area contributed by atoms with Crippen LogP contribution in [0, 0.1) is 12.7 Å². The predicted octanol–water partition coefficient (Wildman–Crippen LogP) is 2.44. The number of anilines is 1. The Morgan fingerprint density at radius 3 is 2.86 bits per heavy atom. The van der Waals surface area contributed by atoms with Crippen LogP contribution in [-0.2, 0) is 0 Å². The van der Waals surface area contributed by atoms with Gasteiger partial charge in [-0.2, -0.15) is 0 Å². The third-order valence-corrected chi connectivity index (χ3v) is 2.02. The van der Waals surface area contributed by atoms with Crippen molar-refractivity contribution in [1.82, 2.24) is 5.32 Å². The summed E-state index contributed by atoms with van der Waals surface area (Å²) in [6, 6.07) is 5.16. The van der Waals surface area contributed by atoms with E-state index < -0.39 is 0 Å². The van der Waals surface area contributed by atoms with E-state index in [4.69, 9.17) is 12.2 Å². The minimum atomic E-state index is -0.257. The van der Waals surface area contributed by atoms with Crippen molar-refractivity contribution in [1.29, 1.82) is 0 Å². The summed E-state index contributed by atoms with van der Waals surface area (Å²) < 4.78 is 13.5. The van der Waals surface area contributed by atoms with Gasteiger partial charge < -0.3 is 10.6 Å². The molecule has 1 aromatic rings. The van der Waals surface area contributed by atoms with Gasteiger partial charge in [-0.15, -0.1) is 0 Å². The number of aryl methyl sites for hydroxylation is 1. The zero-order valence-corrected chi connectivity index (χ0v) is 9.04. The number of halogens is 1. The number of rotatable bonds is 2. The highest BCUT2D eigenvalue weighted by molar-refractivity contribution is 7.80. The average molecular weight is 212 g/mol. The molecule has 0 spiro atoms. The molecule has 0 saturated carbocycles. The summed E-state index contributed by atoms with van der Waals surface area (Å²) in [7, 11) is 0. The molecule has 0 unspecified atom stereocenters. The summed E-state index contributed by atoms with van der Waals surface area (Å²) in [6.07, 6.45) is 0. The van der Waals surface area contributed by atoms with Crippen LogP contribution in [0.2, 0.25) is 0 Å². The van der Waals surface area contributed by atoms with E-state index in [-0.39, 0.29) is 5.82 Å². The van der Waals surface area contributed by atoms with Gasteiger partial charge in [-0.05, 0) is 37.7 Å². The zero-order chi connectivity index (χ0) is 10.6. The van der Waals surface area contributed by atoms with Gasteiger partial charge in [0.15, 0.2) is 5.11 Å². The molecule has 0 amide bonds. The highest BCUT2D eigenvalue weighted by atomic mass is 32.1. The molecular formula is C10H13FN2S. The monoisotopic (exact) mass is 212 g/mol. The topological polar surface area (TPSA) is 24.1 Å². The highest BCUT2D eigenvalue weighted by Gasteiger charge is 2.04. The molecule has 0 aliphatic rings. The summed E-state index contributed by atoms with van der Waals surface area (Å²) in [5, 5.41) is 6.13. The number of thiocarbonyl (C=S) groups is 1. The molecule has 0 aliphatic heterocycles. The van der Waals surface area contributed by atoms with Crippen molar-refractivity contribution in [2.24, 2.45) is 0 Å². The summed E-state index contributed by atoms with van der Waals surface area (Å²) >= 11 is 4.95. The molecule has 0 aromatic heterocycles. The van der Waals surface area contributed by atoms with Crippen LogP contribution in [0.15, 0.2) is 18.2 Å². The van der Waals surface area contributed by atoms with E-state index in [0.717, 1.165) is 6.54 Å². The molecule has 1 rings (SSSR count). The van der Waals surface area contributed by atoms with Crippen LogP contribution in [0.1, 0.15) is 12.5 Å². The van der Waals surface area contributed by atoms with E-state index >= 15 is 0 Å². The Kier molecular flexibility index (Phi) is 3.83. The first kappa shape index (κ1) is 10.9. The Balaban J connectivity index is 2.76. The SMILES string of the molecule is CCNC(=S)Nc1cccc(C)c1F. The van der Waals surface area contributed by atoms with E-state index in [9.17, 15) is 4.39 Å². The zero-order valence-electron chi connectivity index (χ0n) is 8.23. The van der Waals surface area contributed by atoms with E-state index in [1.54, 1.807) is 25.1 Å². The normalized spacial score (nSPS) is 9.64. The molecular weight excluding hydrogens is 199 g/mol. The standard InChI is InChI=1S/C10H13FN2S/c1-3-12-10(14)13-8-6-4-5-7(2)9(8)11/h4-6H,3H2,1-2H3,(H2,12,13,14). The second-order valence-electron chi connectivity index (χ2n) is 2.92. The summed E-state index contributed by atoms with van der Waals surface area (Å²) in [5.74, 6) is -0.257. The third-order valence-electron chi connectivity index (χ3n) is 1.78. The summed E-state index contributed by atoms with van der Waals surface area (Å²) in [4.78, 5) is 0. The maximum absolute atomic E-state index is 13.5. The molecule has 14 heavy (non-hydrogen) atoms. The number of hydrogen-bond acceptors (Lipinski definition) is 1. The van der Waals surface area contributed by atoms with Crippen molar-refractivity contribution in [3.63, 3.8) is 0 Å². The Labute approximate surface area is 88.5 Å². The van der Waals surface area contributed by atoms with Crippen molar-refractivity contribution in [3.05, 3.63) is 29.6 Å². The van der Waals surface area contributed by atoms with E-state index in [1.807, 2.05) is 6.92 Å². The number of hydrogen-bond donors (Lipinski definition) is 2. The van der Waals surface area contributed by atoms with E-state index in [0.29, 0.717) is 16.4 Å². The Morgan fingerprint density at radius 2 is 2.21 bits per heavy atom. The number of benzene rings is 1. The molecule has 0 heterocycles. The third kappa shape index (κ3) is 2.67. The molecule has 0 aliphatic carbocycles. The highest BCUT2D eigenvalue weighted by Crippen LogP contribution is 2.16. The van der Waals surface area contributed by atoms with Gasteiger partial charge in [0.1, 0.15) is 5.82 Å². The lowest BCUT2D eigenvalue weighted by Crippen LogP contribution is -2.28. The largest absolute Gasteiger partial charge is 0.363 e. The first-order chi connectivity index (χ1) is 6.65. The van der Waals surface area contributed by atoms with Gasteiger partial charge >= 0.3 is 0 Å². The predicted molar refractivity (Wildman–Crippen MR) is 61.0 cm³/mol. The first-order valence-electron chi connectivity index (χ1n) is 4.45. The quantitative estimate of drug-likeness (QED) is 0.736. The van der Waals surface area contributed by atoms with Crippen molar-refractivity contribution in [3.8, 4) is 0 Å². The van der Waals surface area contributed by atoms with Gasteiger partial charge in [0.25, 0.3) is 0 Å². The van der Waals surface area contributed by atoms with Crippen LogP contribution >= 0.6 is 12.2 Å². The van der Waals surface area contributed by atoms with Crippen LogP contribution in [0.4, 0.5) is 10.1 Å². The van der Waals surface area contributed by atoms with Crippen LogP contribution in [0.5, 0.6) is 0 Å². The molecule has 0 saturated heterocycles. The lowest BCUT2D eigenvalue weighted by Gasteiger charge is -2.10. The Bertz CT molecular complexity index is 339. The van der Waals surface area contributed by atoms with Gasteiger partial charge in [-0.3, -0.25) is 0 Å². The minimum Gasteiger partial charge on any atom is -0.363 e. The average Bonchev–Trinajstić information content (AvgIpc) is 2.13. The van der Waals surface area contributed by atoms with Crippen molar-refractivity contribution < 1.29 is 4.39 Å². The molecule has 76 valence electrons. The molecule has 4 heteroatoms. The second kappa shape index (κ2) is 4.91. The lowest BCUT2D eigenvalue weighted by molar-refractivity contribution is 0.623. The molecule has 0 fully saturated rings. The molecule has 2 N–H and O–H groups in total. The minimum absolute atomic E-state index is 0.257. The van der Waals surface area contributed by atoms with Crippen molar-refractivity contribution >= 4 is 23.0 Å². The second-order valence-corrected chi connectivity index (χ2v) is 3.33. The fraction of sp³-hybridized carbons (Fsp3) is 0.300. The van der Waals surface area contributed by atoms with Crippen molar-refractivity contribution in [2.75, 3.05) is 11.9 Å². The van der Waals surface area contributed by atoms with Crippen LogP contribution in [-0.4, -0.2) is 11.7 Å². The number of nitrogens with one attached hydrogen (secondary N) is 2. The van der Waals surface area contributed by atoms with Gasteiger partial charge in [0, 0.05) is 6.54 Å².